The van der Waals surface area contributed by atoms with Crippen LogP contribution in [0.25, 0.3) is 0 Å². The Labute approximate surface area is 98.2 Å². The summed E-state index contributed by atoms with van der Waals surface area (Å²) in [4.78, 5) is 0. The van der Waals surface area contributed by atoms with Crippen LogP contribution in [-0.2, 0) is 0 Å². The Hall–Kier alpha value is 0.270. The maximum absolute atomic E-state index is 9.74. The maximum atomic E-state index is 9.74. The first-order valence-electron chi connectivity index (χ1n) is 6.25. The zero-order chi connectivity index (χ0) is 10.9. The fourth-order valence-electron chi connectivity index (χ4n) is 2.19. The van der Waals surface area contributed by atoms with Crippen molar-refractivity contribution in [1.29, 1.82) is 0 Å². The van der Waals surface area contributed by atoms with Crippen molar-refractivity contribution in [2.45, 2.75) is 57.1 Å². The number of aliphatic hydroxyl groups is 1. The van der Waals surface area contributed by atoms with Crippen LogP contribution in [0.3, 0.4) is 0 Å². The van der Waals surface area contributed by atoms with Crippen LogP contribution >= 0.6 is 11.8 Å². The molecule has 0 aromatic carbocycles. The molecule has 0 radical (unpaired) electrons. The largest absolute Gasteiger partial charge is 0.392 e. The van der Waals surface area contributed by atoms with Crippen LogP contribution in [0.15, 0.2) is 0 Å². The van der Waals surface area contributed by atoms with E-state index in [1.165, 1.54) is 37.9 Å². The van der Waals surface area contributed by atoms with Gasteiger partial charge in [-0.05, 0) is 44.2 Å². The van der Waals surface area contributed by atoms with Crippen molar-refractivity contribution in [2.24, 2.45) is 0 Å². The lowest BCUT2D eigenvalue weighted by Crippen LogP contribution is -2.42. The van der Waals surface area contributed by atoms with Gasteiger partial charge in [-0.3, -0.25) is 0 Å². The first-order chi connectivity index (χ1) is 7.34. The van der Waals surface area contributed by atoms with Gasteiger partial charge in [-0.25, -0.2) is 0 Å². The molecule has 1 aliphatic rings. The summed E-state index contributed by atoms with van der Waals surface area (Å²) >= 11 is 1.93. The average molecular weight is 231 g/mol. The number of unbranched alkanes of at least 4 members (excludes halogenated alkanes) is 2. The van der Waals surface area contributed by atoms with Crippen LogP contribution in [0.5, 0.6) is 0 Å². The SMILES string of the molecule is CSCCCCCNC1CCCCC1O. The third-order valence-corrected chi connectivity index (χ3v) is 3.86. The van der Waals surface area contributed by atoms with E-state index in [2.05, 4.69) is 11.6 Å². The fraction of sp³-hybridized carbons (Fsp3) is 1.00. The normalized spacial score (nSPS) is 26.8. The summed E-state index contributed by atoms with van der Waals surface area (Å²) in [5, 5.41) is 13.2. The smallest absolute Gasteiger partial charge is 0.0693 e. The molecule has 3 heteroatoms. The van der Waals surface area contributed by atoms with Crippen LogP contribution in [0.2, 0.25) is 0 Å². The van der Waals surface area contributed by atoms with Gasteiger partial charge in [-0.15, -0.1) is 0 Å². The van der Waals surface area contributed by atoms with E-state index in [9.17, 15) is 5.11 Å². The minimum atomic E-state index is -0.0926. The number of aliphatic hydroxyl groups excluding tert-OH is 1. The number of thioether (sulfide) groups is 1. The third kappa shape index (κ3) is 5.79. The van der Waals surface area contributed by atoms with E-state index in [-0.39, 0.29) is 6.10 Å². The molecule has 1 saturated carbocycles. The summed E-state index contributed by atoms with van der Waals surface area (Å²) in [5.41, 5.74) is 0. The quantitative estimate of drug-likeness (QED) is 0.660. The second kappa shape index (κ2) is 8.43. The van der Waals surface area contributed by atoms with E-state index in [1.54, 1.807) is 0 Å². The van der Waals surface area contributed by atoms with Crippen molar-refractivity contribution >= 4 is 11.8 Å². The average Bonchev–Trinajstić information content (AvgIpc) is 2.25. The molecule has 0 saturated heterocycles. The monoisotopic (exact) mass is 231 g/mol. The van der Waals surface area contributed by atoms with Gasteiger partial charge in [0.05, 0.1) is 6.10 Å². The van der Waals surface area contributed by atoms with Gasteiger partial charge in [-0.2, -0.15) is 11.8 Å². The van der Waals surface area contributed by atoms with E-state index < -0.39 is 0 Å². The molecule has 1 fully saturated rings. The fourth-order valence-corrected chi connectivity index (χ4v) is 2.68. The second-order valence-corrected chi connectivity index (χ2v) is 5.45. The molecule has 0 aromatic rings. The highest BCUT2D eigenvalue weighted by molar-refractivity contribution is 7.98. The van der Waals surface area contributed by atoms with Crippen LogP contribution in [0.4, 0.5) is 0 Å². The molecule has 2 N–H and O–H groups in total. The van der Waals surface area contributed by atoms with E-state index in [4.69, 9.17) is 0 Å². The Bertz CT molecular complexity index is 155. The molecule has 0 amide bonds. The van der Waals surface area contributed by atoms with Crippen molar-refractivity contribution in [3.63, 3.8) is 0 Å². The number of hydrogen-bond acceptors (Lipinski definition) is 3. The molecule has 0 spiro atoms. The zero-order valence-corrected chi connectivity index (χ0v) is 10.7. The molecule has 0 aliphatic heterocycles. The van der Waals surface area contributed by atoms with Crippen molar-refractivity contribution < 1.29 is 5.11 Å². The first kappa shape index (κ1) is 13.3. The predicted molar refractivity (Wildman–Crippen MR) is 68.5 cm³/mol. The highest BCUT2D eigenvalue weighted by Gasteiger charge is 2.21. The highest BCUT2D eigenvalue weighted by Crippen LogP contribution is 2.18. The minimum absolute atomic E-state index is 0.0926. The number of rotatable bonds is 7. The summed E-state index contributed by atoms with van der Waals surface area (Å²) in [6.07, 6.45) is 10.6. The molecular formula is C12H25NOS. The lowest BCUT2D eigenvalue weighted by atomic mass is 9.92. The number of nitrogens with one attached hydrogen (secondary N) is 1. The Morgan fingerprint density at radius 2 is 2.00 bits per heavy atom. The summed E-state index contributed by atoms with van der Waals surface area (Å²) in [5.74, 6) is 1.28. The van der Waals surface area contributed by atoms with Crippen molar-refractivity contribution in [3.05, 3.63) is 0 Å². The second-order valence-electron chi connectivity index (χ2n) is 4.47. The Balaban J connectivity index is 1.94. The molecule has 2 nitrogen and oxygen atoms in total. The molecular weight excluding hydrogens is 206 g/mol. The van der Waals surface area contributed by atoms with Crippen LogP contribution in [0.1, 0.15) is 44.9 Å². The lowest BCUT2D eigenvalue weighted by molar-refractivity contribution is 0.0910. The molecule has 90 valence electrons. The number of hydrogen-bond donors (Lipinski definition) is 2. The summed E-state index contributed by atoms with van der Waals surface area (Å²) in [6, 6.07) is 0.374. The zero-order valence-electron chi connectivity index (χ0n) is 9.87. The molecule has 2 unspecified atom stereocenters. The third-order valence-electron chi connectivity index (χ3n) is 3.16. The standard InChI is InChI=1S/C12H25NOS/c1-15-10-6-2-5-9-13-11-7-3-4-8-12(11)14/h11-14H,2-10H2,1H3. The van der Waals surface area contributed by atoms with Gasteiger partial charge in [-0.1, -0.05) is 19.3 Å². The molecule has 0 aromatic heterocycles. The Morgan fingerprint density at radius 1 is 1.20 bits per heavy atom. The van der Waals surface area contributed by atoms with E-state index in [1.807, 2.05) is 11.8 Å². The highest BCUT2D eigenvalue weighted by atomic mass is 32.2. The summed E-state index contributed by atoms with van der Waals surface area (Å²) in [7, 11) is 0. The molecule has 0 heterocycles. The Morgan fingerprint density at radius 3 is 2.73 bits per heavy atom. The predicted octanol–water partition coefficient (Wildman–Crippen LogP) is 2.41. The van der Waals surface area contributed by atoms with E-state index in [0.717, 1.165) is 19.4 Å². The van der Waals surface area contributed by atoms with E-state index in [0.29, 0.717) is 6.04 Å². The minimum Gasteiger partial charge on any atom is -0.392 e. The van der Waals surface area contributed by atoms with Gasteiger partial charge in [0, 0.05) is 6.04 Å². The van der Waals surface area contributed by atoms with Crippen molar-refractivity contribution in [2.75, 3.05) is 18.6 Å². The topological polar surface area (TPSA) is 32.3 Å². The van der Waals surface area contributed by atoms with Crippen molar-refractivity contribution in [3.8, 4) is 0 Å². The van der Waals surface area contributed by atoms with Gasteiger partial charge in [0.25, 0.3) is 0 Å². The maximum Gasteiger partial charge on any atom is 0.0693 e. The molecule has 1 aliphatic carbocycles. The van der Waals surface area contributed by atoms with Gasteiger partial charge in [0.1, 0.15) is 0 Å². The first-order valence-corrected chi connectivity index (χ1v) is 7.64. The van der Waals surface area contributed by atoms with Gasteiger partial charge in [0.2, 0.25) is 0 Å². The van der Waals surface area contributed by atoms with Gasteiger partial charge in [0.15, 0.2) is 0 Å². The van der Waals surface area contributed by atoms with E-state index >= 15 is 0 Å². The Kier molecular flexibility index (Phi) is 7.49. The van der Waals surface area contributed by atoms with Crippen LogP contribution < -0.4 is 5.32 Å². The van der Waals surface area contributed by atoms with Crippen molar-refractivity contribution in [1.82, 2.24) is 5.32 Å². The van der Waals surface area contributed by atoms with Crippen LogP contribution in [0, 0.1) is 0 Å². The van der Waals surface area contributed by atoms with Gasteiger partial charge < -0.3 is 10.4 Å². The molecule has 0 bridgehead atoms. The lowest BCUT2D eigenvalue weighted by Gasteiger charge is -2.28. The summed E-state index contributed by atoms with van der Waals surface area (Å²) < 4.78 is 0. The van der Waals surface area contributed by atoms with Gasteiger partial charge >= 0.3 is 0 Å². The summed E-state index contributed by atoms with van der Waals surface area (Å²) in [6.45, 7) is 1.08. The molecule has 2 atom stereocenters. The molecule has 1 rings (SSSR count). The molecule has 15 heavy (non-hydrogen) atoms. The van der Waals surface area contributed by atoms with Crippen LogP contribution in [-0.4, -0.2) is 35.8 Å².